The highest BCUT2D eigenvalue weighted by Crippen LogP contribution is 2.22. The second-order valence-electron chi connectivity index (χ2n) is 16.6. The van der Waals surface area contributed by atoms with Crippen molar-refractivity contribution in [2.75, 3.05) is 19.8 Å². The van der Waals surface area contributed by atoms with Gasteiger partial charge >= 0.3 is 11.9 Å². The van der Waals surface area contributed by atoms with Gasteiger partial charge in [-0.05, 0) is 77.0 Å². The maximum atomic E-state index is 12.8. The van der Waals surface area contributed by atoms with Crippen molar-refractivity contribution in [3.05, 3.63) is 60.8 Å². The van der Waals surface area contributed by atoms with Crippen LogP contribution in [0.2, 0.25) is 0 Å². The van der Waals surface area contributed by atoms with Gasteiger partial charge in [-0.3, -0.25) is 9.59 Å². The van der Waals surface area contributed by atoms with Crippen molar-refractivity contribution >= 4 is 11.9 Å². The van der Waals surface area contributed by atoms with E-state index in [0.29, 0.717) is 12.8 Å². The molecule has 10 nitrogen and oxygen atoms in total. The third-order valence-corrected chi connectivity index (χ3v) is 10.9. The van der Waals surface area contributed by atoms with E-state index >= 15 is 0 Å². The van der Waals surface area contributed by atoms with Gasteiger partial charge in [0, 0.05) is 12.8 Å². The van der Waals surface area contributed by atoms with Gasteiger partial charge in [-0.25, -0.2) is 0 Å². The molecule has 1 fully saturated rings. The van der Waals surface area contributed by atoms with Gasteiger partial charge in [0.05, 0.1) is 13.2 Å². The molecule has 1 aliphatic heterocycles. The molecule has 0 saturated carbocycles. The Morgan fingerprint density at radius 3 is 1.44 bits per heavy atom. The second kappa shape index (κ2) is 41.4. The molecule has 0 radical (unpaired) electrons. The van der Waals surface area contributed by atoms with E-state index in [4.69, 9.17) is 18.9 Å². The highest BCUT2D eigenvalue weighted by Gasteiger charge is 2.44. The largest absolute Gasteiger partial charge is 0.462 e. The Labute approximate surface area is 370 Å². The molecule has 2 unspecified atom stereocenters. The molecule has 1 heterocycles. The van der Waals surface area contributed by atoms with Crippen molar-refractivity contribution in [2.45, 2.75) is 230 Å². The smallest absolute Gasteiger partial charge is 0.306 e. The van der Waals surface area contributed by atoms with Gasteiger partial charge in [0.15, 0.2) is 12.4 Å². The summed E-state index contributed by atoms with van der Waals surface area (Å²) in [6.45, 7) is 3.35. The average molecular weight is 861 g/mol. The van der Waals surface area contributed by atoms with E-state index < -0.39 is 55.4 Å². The maximum Gasteiger partial charge on any atom is 0.306 e. The summed E-state index contributed by atoms with van der Waals surface area (Å²) in [5, 5.41) is 40.1. The first kappa shape index (κ1) is 56.4. The minimum Gasteiger partial charge on any atom is -0.462 e. The first-order chi connectivity index (χ1) is 29.8. The zero-order valence-corrected chi connectivity index (χ0v) is 38.4. The van der Waals surface area contributed by atoms with Crippen LogP contribution in [0, 0.1) is 0 Å². The van der Waals surface area contributed by atoms with E-state index in [1.54, 1.807) is 0 Å². The van der Waals surface area contributed by atoms with Crippen LogP contribution in [0.1, 0.15) is 194 Å². The van der Waals surface area contributed by atoms with Crippen LogP contribution < -0.4 is 0 Å². The Hall–Kier alpha value is -2.60. The number of unbranched alkanes of at least 4 members (excludes halogenated alkanes) is 19. The van der Waals surface area contributed by atoms with E-state index in [1.165, 1.54) is 89.9 Å². The van der Waals surface area contributed by atoms with Crippen molar-refractivity contribution < 1.29 is 49.0 Å². The van der Waals surface area contributed by atoms with E-state index in [-0.39, 0.29) is 26.1 Å². The zero-order chi connectivity index (χ0) is 44.4. The number of carbonyl (C=O) groups is 2. The summed E-state index contributed by atoms with van der Waals surface area (Å²) >= 11 is 0. The fourth-order valence-corrected chi connectivity index (χ4v) is 7.00. The number of carbonyl (C=O) groups excluding carboxylic acids is 2. The van der Waals surface area contributed by atoms with Crippen LogP contribution in [0.4, 0.5) is 0 Å². The second-order valence-corrected chi connectivity index (χ2v) is 16.6. The van der Waals surface area contributed by atoms with Crippen molar-refractivity contribution in [2.24, 2.45) is 0 Å². The number of esters is 2. The SMILES string of the molecule is CCCCCCCC/C=C/CCCCCCCC(=O)O[C@@H](COC(=O)CCC/C=C/C/C=C/C/C=C/C/C=C/CCCCCCCCC)CO[C@H]1O[C@@H](CO)[C@@H](O)C(O)C1O. The topological polar surface area (TPSA) is 152 Å². The number of ether oxygens (including phenoxy) is 4. The summed E-state index contributed by atoms with van der Waals surface area (Å²) in [4.78, 5) is 25.4. The van der Waals surface area contributed by atoms with Gasteiger partial charge in [-0.2, -0.15) is 0 Å². The lowest BCUT2D eigenvalue weighted by atomic mass is 9.99. The van der Waals surface area contributed by atoms with Gasteiger partial charge in [0.2, 0.25) is 0 Å². The predicted molar refractivity (Wildman–Crippen MR) is 247 cm³/mol. The molecule has 0 amide bonds. The van der Waals surface area contributed by atoms with Gasteiger partial charge in [-0.1, -0.05) is 164 Å². The Morgan fingerprint density at radius 1 is 0.508 bits per heavy atom. The Morgan fingerprint density at radius 2 is 0.934 bits per heavy atom. The normalized spacial score (nSPS) is 20.3. The number of rotatable bonds is 40. The fourth-order valence-electron chi connectivity index (χ4n) is 7.00. The third kappa shape index (κ3) is 32.7. The molecule has 0 aromatic rings. The van der Waals surface area contributed by atoms with E-state index in [2.05, 4.69) is 74.6 Å². The summed E-state index contributed by atoms with van der Waals surface area (Å²) < 4.78 is 22.1. The molecule has 0 aliphatic carbocycles. The molecule has 10 heteroatoms. The van der Waals surface area contributed by atoms with Gasteiger partial charge in [-0.15, -0.1) is 0 Å². The Bertz CT molecular complexity index is 1180. The highest BCUT2D eigenvalue weighted by molar-refractivity contribution is 5.70. The number of allylic oxidation sites excluding steroid dienone is 10. The molecule has 0 spiro atoms. The molecule has 1 rings (SSSR count). The van der Waals surface area contributed by atoms with Gasteiger partial charge in [0.1, 0.15) is 31.0 Å². The van der Waals surface area contributed by atoms with E-state index in [1.807, 2.05) is 0 Å². The summed E-state index contributed by atoms with van der Waals surface area (Å²) in [5.41, 5.74) is 0. The van der Waals surface area contributed by atoms with Crippen LogP contribution in [-0.2, 0) is 28.5 Å². The van der Waals surface area contributed by atoms with Crippen molar-refractivity contribution in [1.82, 2.24) is 0 Å². The van der Waals surface area contributed by atoms with Crippen LogP contribution in [0.5, 0.6) is 0 Å². The molecule has 1 saturated heterocycles. The van der Waals surface area contributed by atoms with Gasteiger partial charge < -0.3 is 39.4 Å². The maximum absolute atomic E-state index is 12.8. The van der Waals surface area contributed by atoms with Crippen LogP contribution in [0.3, 0.4) is 0 Å². The molecule has 6 atom stereocenters. The molecule has 1 aliphatic rings. The molecule has 0 aromatic carbocycles. The number of hydrogen-bond acceptors (Lipinski definition) is 10. The monoisotopic (exact) mass is 861 g/mol. The fraction of sp³-hybridized carbons (Fsp3) is 0.765. The van der Waals surface area contributed by atoms with Crippen LogP contribution >= 0.6 is 0 Å². The number of aliphatic hydroxyl groups is 4. The van der Waals surface area contributed by atoms with Crippen molar-refractivity contribution in [3.8, 4) is 0 Å². The summed E-state index contributed by atoms with van der Waals surface area (Å²) in [6.07, 6.45) is 43.8. The van der Waals surface area contributed by atoms with Crippen LogP contribution in [-0.4, -0.2) is 89.0 Å². The minimum absolute atomic E-state index is 0.196. The lowest BCUT2D eigenvalue weighted by Gasteiger charge is -2.39. The molecule has 4 N–H and O–H groups in total. The summed E-state index contributed by atoms with van der Waals surface area (Å²) in [7, 11) is 0. The minimum atomic E-state index is -1.61. The average Bonchev–Trinajstić information content (AvgIpc) is 3.26. The molecular weight excluding hydrogens is 773 g/mol. The zero-order valence-electron chi connectivity index (χ0n) is 38.4. The number of hydrogen-bond donors (Lipinski definition) is 4. The standard InChI is InChI=1S/C51H88O10/c1-3-5-7-9-11-13-15-17-19-20-21-22-23-24-26-27-29-31-33-35-37-39-46(53)58-42-44(43-59-51-50(57)49(56)48(55)45(41-52)61-51)60-47(54)40-38-36-34-32-30-28-25-18-16-14-12-10-8-6-4-2/h18-20,22-23,25-27,31,33,44-45,48-52,55-57H,3-17,21,24,28-30,32,34-43H2,1-2H3/b20-19+,23-22+,25-18+,27-26+,33-31+/t44-,45-,48+,49?,50?,51-/m0/s1. The van der Waals surface area contributed by atoms with E-state index in [0.717, 1.165) is 64.2 Å². The summed E-state index contributed by atoms with van der Waals surface area (Å²) in [6, 6.07) is 0. The molecule has 352 valence electrons. The Balaban J connectivity index is 2.34. The highest BCUT2D eigenvalue weighted by atomic mass is 16.7. The molecule has 61 heavy (non-hydrogen) atoms. The van der Waals surface area contributed by atoms with Gasteiger partial charge in [0.25, 0.3) is 0 Å². The van der Waals surface area contributed by atoms with Crippen LogP contribution in [0.15, 0.2) is 60.8 Å². The Kier molecular flexibility index (Phi) is 38.3. The molecule has 0 bridgehead atoms. The van der Waals surface area contributed by atoms with Crippen molar-refractivity contribution in [3.63, 3.8) is 0 Å². The van der Waals surface area contributed by atoms with E-state index in [9.17, 15) is 30.0 Å². The first-order valence-electron chi connectivity index (χ1n) is 24.4. The van der Waals surface area contributed by atoms with Crippen molar-refractivity contribution in [1.29, 1.82) is 0 Å². The quantitative estimate of drug-likeness (QED) is 0.0266. The number of aliphatic hydroxyl groups excluding tert-OH is 4. The molecule has 0 aromatic heterocycles. The van der Waals surface area contributed by atoms with Crippen LogP contribution in [0.25, 0.3) is 0 Å². The summed E-state index contributed by atoms with van der Waals surface area (Å²) in [5.74, 6) is -0.883. The lowest BCUT2D eigenvalue weighted by molar-refractivity contribution is -0.305. The molecular formula is C51H88O10. The third-order valence-electron chi connectivity index (χ3n) is 10.9. The first-order valence-corrected chi connectivity index (χ1v) is 24.4. The predicted octanol–water partition coefficient (Wildman–Crippen LogP) is 11.0. The lowest BCUT2D eigenvalue weighted by Crippen LogP contribution is -2.59.